The van der Waals surface area contributed by atoms with E-state index in [1.165, 1.54) is 0 Å². The number of aryl methyl sites for hydroxylation is 2. The van der Waals surface area contributed by atoms with Crippen molar-refractivity contribution in [2.45, 2.75) is 32.9 Å². The van der Waals surface area contributed by atoms with E-state index < -0.39 is 0 Å². The lowest BCUT2D eigenvalue weighted by atomic mass is 10.2. The van der Waals surface area contributed by atoms with Crippen molar-refractivity contribution in [3.05, 3.63) is 23.3 Å². The van der Waals surface area contributed by atoms with Crippen LogP contribution < -0.4 is 5.32 Å². The van der Waals surface area contributed by atoms with E-state index in [1.807, 2.05) is 26.8 Å². The molecule has 1 amide bonds. The third-order valence-electron chi connectivity index (χ3n) is 3.62. The van der Waals surface area contributed by atoms with Crippen molar-refractivity contribution in [1.29, 1.82) is 0 Å². The largest absolute Gasteiger partial charge is 0.376 e. The molecule has 1 saturated heterocycles. The van der Waals surface area contributed by atoms with Gasteiger partial charge >= 0.3 is 0 Å². The number of fused-ring (bicyclic) bond motifs is 1. The maximum atomic E-state index is 12.5. The number of rotatable bonds is 4. The second-order valence-electron chi connectivity index (χ2n) is 5.31. The van der Waals surface area contributed by atoms with E-state index in [0.717, 1.165) is 11.4 Å². The standard InChI is InChI=1S/C14H19N5O3/c1-4-22-11-7-21-6-10(11)16-13(20)12-17-18-14-15-8(2)5-9(3)19(12)14/h5,10-11H,4,6-7H2,1-3H3,(H,16,20)/t10-,11-/m0/s1. The Kier molecular flexibility index (Phi) is 4.04. The Labute approximate surface area is 127 Å². The summed E-state index contributed by atoms with van der Waals surface area (Å²) in [6.45, 7) is 7.19. The minimum atomic E-state index is -0.304. The predicted octanol–water partition coefficient (Wildman–Crippen LogP) is 0.275. The molecule has 1 fully saturated rings. The van der Waals surface area contributed by atoms with Crippen molar-refractivity contribution in [1.82, 2.24) is 24.9 Å². The van der Waals surface area contributed by atoms with Gasteiger partial charge in [-0.05, 0) is 26.8 Å². The summed E-state index contributed by atoms with van der Waals surface area (Å²) in [7, 11) is 0. The molecule has 0 aromatic carbocycles. The number of nitrogens with one attached hydrogen (secondary N) is 1. The van der Waals surface area contributed by atoms with Crippen LogP contribution >= 0.6 is 0 Å². The van der Waals surface area contributed by atoms with Crippen LogP contribution in [0.4, 0.5) is 0 Å². The van der Waals surface area contributed by atoms with Crippen molar-refractivity contribution in [3.8, 4) is 0 Å². The van der Waals surface area contributed by atoms with Crippen LogP contribution in [0.2, 0.25) is 0 Å². The molecule has 1 aliphatic rings. The molecule has 0 aliphatic carbocycles. The number of ether oxygens (including phenoxy) is 2. The van der Waals surface area contributed by atoms with Crippen LogP contribution in [0.1, 0.15) is 28.9 Å². The van der Waals surface area contributed by atoms with Gasteiger partial charge in [-0.1, -0.05) is 0 Å². The third-order valence-corrected chi connectivity index (χ3v) is 3.62. The SMILES string of the molecule is CCO[C@H]1COC[C@@H]1NC(=O)c1nnc2nc(C)cc(C)n12. The Morgan fingerprint density at radius 1 is 1.45 bits per heavy atom. The van der Waals surface area contributed by atoms with Crippen LogP contribution in [0.15, 0.2) is 6.07 Å². The number of carbonyl (C=O) groups is 1. The average Bonchev–Trinajstić information content (AvgIpc) is 3.06. The summed E-state index contributed by atoms with van der Waals surface area (Å²) in [4.78, 5) is 16.8. The normalized spacial score (nSPS) is 21.4. The minimum Gasteiger partial charge on any atom is -0.376 e. The topological polar surface area (TPSA) is 90.6 Å². The van der Waals surface area contributed by atoms with Crippen LogP contribution in [-0.2, 0) is 9.47 Å². The van der Waals surface area contributed by atoms with Gasteiger partial charge in [0.05, 0.1) is 19.3 Å². The summed E-state index contributed by atoms with van der Waals surface area (Å²) in [5, 5.41) is 10.8. The van der Waals surface area contributed by atoms with Crippen LogP contribution in [-0.4, -0.2) is 57.5 Å². The van der Waals surface area contributed by atoms with E-state index in [-0.39, 0.29) is 23.9 Å². The van der Waals surface area contributed by atoms with Crippen molar-refractivity contribution in [3.63, 3.8) is 0 Å². The lowest BCUT2D eigenvalue weighted by Gasteiger charge is -2.18. The monoisotopic (exact) mass is 305 g/mol. The summed E-state index contributed by atoms with van der Waals surface area (Å²) >= 11 is 0. The molecule has 0 unspecified atom stereocenters. The van der Waals surface area contributed by atoms with E-state index in [4.69, 9.17) is 9.47 Å². The smallest absolute Gasteiger partial charge is 0.290 e. The first-order valence-electron chi connectivity index (χ1n) is 7.29. The van der Waals surface area contributed by atoms with Crippen molar-refractivity contribution in [2.24, 2.45) is 0 Å². The molecule has 1 N–H and O–H groups in total. The van der Waals surface area contributed by atoms with Crippen molar-refractivity contribution >= 4 is 11.7 Å². The zero-order valence-corrected chi connectivity index (χ0v) is 12.9. The van der Waals surface area contributed by atoms with E-state index >= 15 is 0 Å². The molecule has 22 heavy (non-hydrogen) atoms. The predicted molar refractivity (Wildman–Crippen MR) is 77.7 cm³/mol. The highest BCUT2D eigenvalue weighted by molar-refractivity contribution is 5.91. The molecule has 8 nitrogen and oxygen atoms in total. The van der Waals surface area contributed by atoms with E-state index in [9.17, 15) is 4.79 Å². The first-order valence-corrected chi connectivity index (χ1v) is 7.29. The van der Waals surface area contributed by atoms with Crippen molar-refractivity contribution in [2.75, 3.05) is 19.8 Å². The van der Waals surface area contributed by atoms with Crippen LogP contribution in [0.5, 0.6) is 0 Å². The summed E-state index contributed by atoms with van der Waals surface area (Å²) < 4.78 is 12.6. The number of aromatic nitrogens is 4. The number of hydrogen-bond acceptors (Lipinski definition) is 6. The van der Waals surface area contributed by atoms with Gasteiger partial charge in [-0.25, -0.2) is 4.98 Å². The van der Waals surface area contributed by atoms with E-state index in [1.54, 1.807) is 4.40 Å². The maximum absolute atomic E-state index is 12.5. The fourth-order valence-electron chi connectivity index (χ4n) is 2.66. The average molecular weight is 305 g/mol. The van der Waals surface area contributed by atoms with Gasteiger partial charge in [0.15, 0.2) is 0 Å². The van der Waals surface area contributed by atoms with E-state index in [0.29, 0.717) is 25.6 Å². The molecule has 0 bridgehead atoms. The Morgan fingerprint density at radius 3 is 3.05 bits per heavy atom. The number of nitrogens with zero attached hydrogens (tertiary/aromatic N) is 4. The van der Waals surface area contributed by atoms with Crippen molar-refractivity contribution < 1.29 is 14.3 Å². The highest BCUT2D eigenvalue weighted by Gasteiger charge is 2.31. The lowest BCUT2D eigenvalue weighted by molar-refractivity contribution is 0.0401. The Balaban J connectivity index is 1.84. The summed E-state index contributed by atoms with van der Waals surface area (Å²) in [5.41, 5.74) is 1.70. The maximum Gasteiger partial charge on any atom is 0.290 e. The molecule has 0 radical (unpaired) electrons. The zero-order valence-electron chi connectivity index (χ0n) is 12.9. The van der Waals surface area contributed by atoms with Gasteiger partial charge in [0.25, 0.3) is 11.7 Å². The van der Waals surface area contributed by atoms with Gasteiger partial charge in [0, 0.05) is 18.0 Å². The minimum absolute atomic E-state index is 0.130. The molecule has 3 heterocycles. The number of carbonyl (C=O) groups excluding carboxylic acids is 1. The zero-order chi connectivity index (χ0) is 15.7. The fourth-order valence-corrected chi connectivity index (χ4v) is 2.66. The summed E-state index contributed by atoms with van der Waals surface area (Å²) in [5.74, 6) is 0.343. The molecule has 1 aliphatic heterocycles. The highest BCUT2D eigenvalue weighted by Crippen LogP contribution is 2.12. The first-order chi connectivity index (χ1) is 10.6. The van der Waals surface area contributed by atoms with Gasteiger partial charge in [-0.2, -0.15) is 0 Å². The lowest BCUT2D eigenvalue weighted by Crippen LogP contribution is -2.44. The van der Waals surface area contributed by atoms with Gasteiger partial charge in [-0.15, -0.1) is 10.2 Å². The Hall–Kier alpha value is -2.06. The number of amides is 1. The molecule has 118 valence electrons. The quantitative estimate of drug-likeness (QED) is 0.872. The fraction of sp³-hybridized carbons (Fsp3) is 0.571. The molecule has 0 saturated carbocycles. The van der Waals surface area contributed by atoms with Crippen LogP contribution in [0.25, 0.3) is 5.78 Å². The highest BCUT2D eigenvalue weighted by atomic mass is 16.5. The molecule has 2 aromatic heterocycles. The number of hydrogen-bond donors (Lipinski definition) is 1. The first kappa shape index (κ1) is 14.9. The van der Waals surface area contributed by atoms with Gasteiger partial charge in [-0.3, -0.25) is 9.20 Å². The molecule has 2 aromatic rings. The van der Waals surface area contributed by atoms with Gasteiger partial charge in [0.2, 0.25) is 5.82 Å². The molecule has 8 heteroatoms. The molecule has 2 atom stereocenters. The Morgan fingerprint density at radius 2 is 2.27 bits per heavy atom. The van der Waals surface area contributed by atoms with Gasteiger partial charge < -0.3 is 14.8 Å². The van der Waals surface area contributed by atoms with E-state index in [2.05, 4.69) is 20.5 Å². The Bertz CT molecular complexity index is 699. The summed E-state index contributed by atoms with van der Waals surface area (Å²) in [6.07, 6.45) is -0.130. The molecule has 0 spiro atoms. The van der Waals surface area contributed by atoms with Crippen LogP contribution in [0, 0.1) is 13.8 Å². The van der Waals surface area contributed by atoms with Gasteiger partial charge in [0.1, 0.15) is 6.10 Å². The molecular formula is C14H19N5O3. The van der Waals surface area contributed by atoms with Crippen LogP contribution in [0.3, 0.4) is 0 Å². The molecule has 3 rings (SSSR count). The second kappa shape index (κ2) is 5.98. The molecular weight excluding hydrogens is 286 g/mol. The second-order valence-corrected chi connectivity index (χ2v) is 5.31. The summed E-state index contributed by atoms with van der Waals surface area (Å²) in [6, 6.07) is 1.70. The third kappa shape index (κ3) is 2.67.